The van der Waals surface area contributed by atoms with Crippen molar-refractivity contribution in [2.75, 3.05) is 5.73 Å². The second kappa shape index (κ2) is 5.24. The predicted octanol–water partition coefficient (Wildman–Crippen LogP) is 4.64. The second-order valence-electron chi connectivity index (χ2n) is 6.69. The van der Waals surface area contributed by atoms with E-state index < -0.39 is 8.24 Å². The summed E-state index contributed by atoms with van der Waals surface area (Å²) in [6.07, 6.45) is 2.24. The number of rotatable bonds is 4. The van der Waals surface area contributed by atoms with Crippen molar-refractivity contribution in [3.8, 4) is 0 Å². The predicted molar refractivity (Wildman–Crippen MR) is 90.6 cm³/mol. The Morgan fingerprint density at radius 3 is 2.00 bits per heavy atom. The minimum Gasteiger partial charge on any atom is -0.384 e. The van der Waals surface area contributed by atoms with Crippen molar-refractivity contribution in [3.05, 3.63) is 24.4 Å². The third-order valence-corrected chi connectivity index (χ3v) is 11.5. The van der Waals surface area contributed by atoms with Gasteiger partial charge in [-0.1, -0.05) is 41.5 Å². The maximum atomic E-state index is 5.91. The molecule has 0 aliphatic heterocycles. The van der Waals surface area contributed by atoms with Crippen molar-refractivity contribution >= 4 is 25.1 Å². The van der Waals surface area contributed by atoms with Crippen molar-refractivity contribution in [1.29, 1.82) is 0 Å². The topological polar surface area (TPSA) is 43.8 Å². The highest BCUT2D eigenvalue weighted by atomic mass is 28.3. The Labute approximate surface area is 123 Å². The molecule has 3 nitrogen and oxygen atoms in total. The Kier molecular flexibility index (Phi) is 3.96. The van der Waals surface area contributed by atoms with E-state index in [2.05, 4.69) is 69.1 Å². The molecule has 2 N–H and O–H groups in total. The van der Waals surface area contributed by atoms with Gasteiger partial charge in [0.2, 0.25) is 0 Å². The van der Waals surface area contributed by atoms with Crippen LogP contribution in [0.3, 0.4) is 0 Å². The molecule has 0 atom stereocenters. The first kappa shape index (κ1) is 15.1. The number of nitrogens with zero attached hydrogens (tertiary/aromatic N) is 2. The van der Waals surface area contributed by atoms with Crippen LogP contribution in [0, 0.1) is 0 Å². The second-order valence-corrected chi connectivity index (χ2v) is 12.4. The lowest BCUT2D eigenvalue weighted by molar-refractivity contribution is 0.770. The van der Waals surface area contributed by atoms with Crippen LogP contribution in [-0.2, 0) is 0 Å². The lowest BCUT2D eigenvalue weighted by Gasteiger charge is -2.44. The van der Waals surface area contributed by atoms with E-state index in [1.807, 2.05) is 6.07 Å². The zero-order chi connectivity index (χ0) is 15.1. The summed E-state index contributed by atoms with van der Waals surface area (Å²) < 4.78 is 2.50. The Hall–Kier alpha value is -1.29. The average molecular weight is 289 g/mol. The van der Waals surface area contributed by atoms with Crippen LogP contribution in [-0.4, -0.2) is 17.5 Å². The van der Waals surface area contributed by atoms with E-state index in [0.29, 0.717) is 22.4 Å². The van der Waals surface area contributed by atoms with Gasteiger partial charge in [-0.3, -0.25) is 0 Å². The van der Waals surface area contributed by atoms with Gasteiger partial charge in [0.15, 0.2) is 8.24 Å². The van der Waals surface area contributed by atoms with Crippen LogP contribution in [0.15, 0.2) is 24.4 Å². The Bertz CT molecular complexity index is 577. The highest BCUT2D eigenvalue weighted by Gasteiger charge is 2.45. The van der Waals surface area contributed by atoms with Gasteiger partial charge < -0.3 is 9.97 Å². The summed E-state index contributed by atoms with van der Waals surface area (Å²) in [5, 5.41) is 1.19. The van der Waals surface area contributed by atoms with E-state index in [1.54, 1.807) is 0 Å². The quantitative estimate of drug-likeness (QED) is 0.833. The lowest BCUT2D eigenvalue weighted by Crippen LogP contribution is -2.51. The van der Waals surface area contributed by atoms with Crippen LogP contribution in [0.25, 0.3) is 11.0 Å². The monoisotopic (exact) mass is 289 g/mol. The first-order chi connectivity index (χ1) is 9.31. The first-order valence-electron chi connectivity index (χ1n) is 7.55. The van der Waals surface area contributed by atoms with E-state index in [-0.39, 0.29) is 0 Å². The number of anilines is 1. The summed E-state index contributed by atoms with van der Waals surface area (Å²) in [5.41, 5.74) is 8.94. The van der Waals surface area contributed by atoms with Gasteiger partial charge in [0.25, 0.3) is 0 Å². The highest BCUT2D eigenvalue weighted by molar-refractivity contribution is 6.82. The maximum absolute atomic E-state index is 5.91. The van der Waals surface area contributed by atoms with Gasteiger partial charge in [0, 0.05) is 5.39 Å². The van der Waals surface area contributed by atoms with E-state index in [0.717, 1.165) is 5.65 Å². The highest BCUT2D eigenvalue weighted by Crippen LogP contribution is 2.43. The molecule has 2 aromatic heterocycles. The lowest BCUT2D eigenvalue weighted by atomic mass is 10.3. The molecule has 0 radical (unpaired) electrons. The van der Waals surface area contributed by atoms with Gasteiger partial charge in [-0.05, 0) is 41.0 Å². The number of nitrogens with two attached hydrogens (primary N) is 1. The van der Waals surface area contributed by atoms with E-state index in [1.165, 1.54) is 5.39 Å². The number of hydrogen-bond acceptors (Lipinski definition) is 2. The number of hydrogen-bond donors (Lipinski definition) is 1. The van der Waals surface area contributed by atoms with E-state index in [9.17, 15) is 0 Å². The fourth-order valence-corrected chi connectivity index (χ4v) is 10.7. The SMILES string of the molecule is CC(C)[Si](C(C)C)(C(C)C)n1ccc2ccc(N)nc21. The molecule has 110 valence electrons. The number of nitrogen functional groups attached to an aromatic ring is 1. The zero-order valence-corrected chi connectivity index (χ0v) is 14.5. The average Bonchev–Trinajstić information content (AvgIpc) is 2.72. The van der Waals surface area contributed by atoms with Crippen LogP contribution < -0.4 is 5.73 Å². The fraction of sp³-hybridized carbons (Fsp3) is 0.562. The maximum Gasteiger partial charge on any atom is 0.171 e. The molecule has 0 unspecified atom stereocenters. The molecule has 2 rings (SSSR count). The molecule has 0 aliphatic rings. The standard InChI is InChI=1S/C16H27N3Si/c1-11(2)20(12(3)4,13(5)6)19-10-9-14-7-8-15(17)18-16(14)19/h7-13H,1-6H3,(H2,17,18). The van der Waals surface area contributed by atoms with E-state index >= 15 is 0 Å². The van der Waals surface area contributed by atoms with Crippen molar-refractivity contribution in [3.63, 3.8) is 0 Å². The van der Waals surface area contributed by atoms with Gasteiger partial charge in [0.05, 0.1) is 0 Å². The number of aromatic nitrogens is 2. The molecule has 2 heterocycles. The molecule has 0 aromatic carbocycles. The van der Waals surface area contributed by atoms with Gasteiger partial charge in [-0.15, -0.1) is 0 Å². The first-order valence-corrected chi connectivity index (χ1v) is 9.73. The normalized spacial score (nSPS) is 13.1. The van der Waals surface area contributed by atoms with Crippen molar-refractivity contribution in [2.45, 2.75) is 58.2 Å². The summed E-state index contributed by atoms with van der Waals surface area (Å²) in [6, 6.07) is 6.14. The Morgan fingerprint density at radius 1 is 0.950 bits per heavy atom. The third-order valence-electron chi connectivity index (χ3n) is 4.75. The Morgan fingerprint density at radius 2 is 1.50 bits per heavy atom. The van der Waals surface area contributed by atoms with Gasteiger partial charge in [-0.25, -0.2) is 4.98 Å². The smallest absolute Gasteiger partial charge is 0.171 e. The number of pyridine rings is 1. The molecule has 0 saturated carbocycles. The molecule has 20 heavy (non-hydrogen) atoms. The molecule has 2 aromatic rings. The largest absolute Gasteiger partial charge is 0.384 e. The minimum absolute atomic E-state index is 0.608. The molecule has 0 fully saturated rings. The van der Waals surface area contributed by atoms with Crippen LogP contribution >= 0.6 is 0 Å². The van der Waals surface area contributed by atoms with Gasteiger partial charge in [-0.2, -0.15) is 0 Å². The summed E-state index contributed by atoms with van der Waals surface area (Å²) in [4.78, 5) is 4.62. The molecule has 0 saturated heterocycles. The van der Waals surface area contributed by atoms with Crippen molar-refractivity contribution in [2.24, 2.45) is 0 Å². The van der Waals surface area contributed by atoms with Crippen molar-refractivity contribution in [1.82, 2.24) is 9.22 Å². The Balaban J connectivity index is 2.78. The summed E-state index contributed by atoms with van der Waals surface area (Å²) >= 11 is 0. The third kappa shape index (κ3) is 2.06. The van der Waals surface area contributed by atoms with Gasteiger partial charge in [0.1, 0.15) is 11.5 Å². The number of fused-ring (bicyclic) bond motifs is 1. The minimum atomic E-state index is -1.74. The molecular formula is C16H27N3Si. The van der Waals surface area contributed by atoms with Crippen LogP contribution in [0.4, 0.5) is 5.82 Å². The summed E-state index contributed by atoms with van der Waals surface area (Å²) in [5.74, 6) is 0.608. The summed E-state index contributed by atoms with van der Waals surface area (Å²) in [6.45, 7) is 14.2. The molecular weight excluding hydrogens is 262 g/mol. The molecule has 0 aliphatic carbocycles. The fourth-order valence-electron chi connectivity index (χ4n) is 4.17. The van der Waals surface area contributed by atoms with Crippen molar-refractivity contribution < 1.29 is 0 Å². The van der Waals surface area contributed by atoms with Gasteiger partial charge >= 0.3 is 0 Å². The summed E-state index contributed by atoms with van der Waals surface area (Å²) in [7, 11) is -1.74. The van der Waals surface area contributed by atoms with Crippen LogP contribution in [0.5, 0.6) is 0 Å². The van der Waals surface area contributed by atoms with E-state index in [4.69, 9.17) is 5.73 Å². The van der Waals surface area contributed by atoms with Crippen LogP contribution in [0.2, 0.25) is 16.6 Å². The molecule has 0 spiro atoms. The zero-order valence-electron chi connectivity index (χ0n) is 13.5. The molecule has 4 heteroatoms. The van der Waals surface area contributed by atoms with Crippen LogP contribution in [0.1, 0.15) is 41.5 Å². The molecule has 0 amide bonds. The molecule has 0 bridgehead atoms.